The SMILES string of the molecule is CC1CC2CC(C)CC(c3ccc(-c4ccc5c(c4)c4nc6ccccc6c(=O)n4c4nc6ccccc6n54)cc3)(C1)C2. The fourth-order valence-electron chi connectivity index (χ4n) is 9.06. The Morgan fingerprint density at radius 2 is 1.37 bits per heavy atom. The van der Waals surface area contributed by atoms with Gasteiger partial charge in [0.2, 0.25) is 5.78 Å². The highest BCUT2D eigenvalue weighted by Crippen LogP contribution is 2.54. The maximum Gasteiger partial charge on any atom is 0.268 e. The van der Waals surface area contributed by atoms with E-state index in [2.05, 4.69) is 66.8 Å². The molecule has 7 aromatic rings. The van der Waals surface area contributed by atoms with Gasteiger partial charge in [0.1, 0.15) is 0 Å². The van der Waals surface area contributed by atoms with Crippen LogP contribution in [0, 0.1) is 17.8 Å². The molecule has 2 saturated carbocycles. The maximum atomic E-state index is 14.0. The van der Waals surface area contributed by atoms with Crippen molar-refractivity contribution in [2.24, 2.45) is 17.8 Å². The summed E-state index contributed by atoms with van der Waals surface area (Å²) in [6.45, 7) is 4.90. The normalized spacial score (nSPS) is 24.0. The van der Waals surface area contributed by atoms with Crippen LogP contribution in [0.2, 0.25) is 0 Å². The highest BCUT2D eigenvalue weighted by atomic mass is 16.1. The molecule has 0 radical (unpaired) electrons. The van der Waals surface area contributed by atoms with Crippen LogP contribution in [0.5, 0.6) is 0 Å². The summed E-state index contributed by atoms with van der Waals surface area (Å²) in [6, 6.07) is 31.6. The molecule has 3 aromatic heterocycles. The first kappa shape index (κ1) is 25.0. The molecular formula is C38H34N4O. The maximum absolute atomic E-state index is 14.0. The minimum Gasteiger partial charge on any atom is -0.277 e. The minimum absolute atomic E-state index is 0.0986. The molecule has 0 saturated heterocycles. The Bertz CT molecular complexity index is 2270. The van der Waals surface area contributed by atoms with Gasteiger partial charge in [-0.1, -0.05) is 68.4 Å². The topological polar surface area (TPSA) is 51.7 Å². The second kappa shape index (κ2) is 9.00. The summed E-state index contributed by atoms with van der Waals surface area (Å²) in [5, 5.41) is 1.53. The van der Waals surface area contributed by atoms with E-state index in [1.807, 2.05) is 42.5 Å². The average Bonchev–Trinajstić information content (AvgIpc) is 3.40. The van der Waals surface area contributed by atoms with E-state index in [9.17, 15) is 4.79 Å². The number of benzene rings is 4. The molecule has 0 amide bonds. The standard InChI is InChI=1S/C38H34N4O/c1-23-17-25-18-24(2)21-38(20-23,22-25)28-14-11-26(12-15-28)27-13-16-33-30(19-27)35-39-31-8-4-3-7-29(31)36(43)42(35)37-40-32-9-5-6-10-34(32)41(33)37/h3-16,19,23-25H,17-18,20-22H2,1-2H3. The van der Waals surface area contributed by atoms with Gasteiger partial charge in [-0.15, -0.1) is 0 Å². The first-order chi connectivity index (χ1) is 21.0. The predicted molar refractivity (Wildman–Crippen MR) is 175 cm³/mol. The molecule has 0 spiro atoms. The van der Waals surface area contributed by atoms with Crippen LogP contribution in [0.1, 0.15) is 51.5 Å². The Kier molecular flexibility index (Phi) is 5.24. The van der Waals surface area contributed by atoms with Crippen molar-refractivity contribution in [3.05, 3.63) is 107 Å². The largest absolute Gasteiger partial charge is 0.277 e. The summed E-state index contributed by atoms with van der Waals surface area (Å²) in [5.41, 5.74) is 8.19. The van der Waals surface area contributed by atoms with E-state index in [-0.39, 0.29) is 5.56 Å². The number of para-hydroxylation sites is 3. The minimum atomic E-state index is -0.0986. The zero-order valence-electron chi connectivity index (χ0n) is 24.6. The summed E-state index contributed by atoms with van der Waals surface area (Å²) in [7, 11) is 0. The highest BCUT2D eigenvalue weighted by molar-refractivity contribution is 6.01. The number of hydrogen-bond acceptors (Lipinski definition) is 3. The van der Waals surface area contributed by atoms with Crippen LogP contribution >= 0.6 is 0 Å². The lowest BCUT2D eigenvalue weighted by Gasteiger charge is -2.50. The van der Waals surface area contributed by atoms with Crippen molar-refractivity contribution in [1.82, 2.24) is 18.8 Å². The molecule has 5 nitrogen and oxygen atoms in total. The van der Waals surface area contributed by atoms with Gasteiger partial charge in [-0.05, 0) is 108 Å². The molecule has 2 fully saturated rings. The van der Waals surface area contributed by atoms with Crippen molar-refractivity contribution >= 4 is 44.3 Å². The summed E-state index contributed by atoms with van der Waals surface area (Å²) in [4.78, 5) is 23.9. The molecule has 9 rings (SSSR count). The second-order valence-electron chi connectivity index (χ2n) is 13.6. The third-order valence-electron chi connectivity index (χ3n) is 10.5. The number of imidazole rings is 1. The summed E-state index contributed by atoms with van der Waals surface area (Å²) < 4.78 is 3.80. The Morgan fingerprint density at radius 1 is 0.674 bits per heavy atom. The quantitative estimate of drug-likeness (QED) is 0.157. The monoisotopic (exact) mass is 562 g/mol. The average molecular weight is 563 g/mol. The van der Waals surface area contributed by atoms with Crippen LogP contribution in [-0.2, 0) is 5.41 Å². The third-order valence-corrected chi connectivity index (χ3v) is 10.5. The van der Waals surface area contributed by atoms with E-state index in [0.717, 1.165) is 45.3 Å². The van der Waals surface area contributed by atoms with Gasteiger partial charge < -0.3 is 0 Å². The first-order valence-corrected chi connectivity index (χ1v) is 15.7. The summed E-state index contributed by atoms with van der Waals surface area (Å²) in [6.07, 6.45) is 6.73. The Hall–Kier alpha value is -4.51. The van der Waals surface area contributed by atoms with Gasteiger partial charge in [0.05, 0.1) is 27.5 Å². The zero-order valence-corrected chi connectivity index (χ0v) is 24.6. The predicted octanol–water partition coefficient (Wildman–Crippen LogP) is 8.57. The lowest BCUT2D eigenvalue weighted by atomic mass is 9.54. The number of rotatable bonds is 2. The van der Waals surface area contributed by atoms with Crippen LogP contribution < -0.4 is 5.56 Å². The smallest absolute Gasteiger partial charge is 0.268 e. The Balaban J connectivity index is 1.26. The number of nitrogens with zero attached hydrogens (tertiary/aromatic N) is 4. The molecule has 4 aromatic carbocycles. The molecule has 212 valence electrons. The molecule has 2 aliphatic carbocycles. The molecule has 43 heavy (non-hydrogen) atoms. The molecule has 5 heteroatoms. The van der Waals surface area contributed by atoms with E-state index in [0.29, 0.717) is 27.7 Å². The highest BCUT2D eigenvalue weighted by Gasteiger charge is 2.45. The van der Waals surface area contributed by atoms with Crippen molar-refractivity contribution in [3.8, 4) is 11.1 Å². The number of aromatic nitrogens is 4. The first-order valence-electron chi connectivity index (χ1n) is 15.7. The van der Waals surface area contributed by atoms with Gasteiger partial charge in [0.25, 0.3) is 5.56 Å². The van der Waals surface area contributed by atoms with Crippen LogP contribution in [0.4, 0.5) is 0 Å². The number of fused-ring (bicyclic) bond motifs is 11. The van der Waals surface area contributed by atoms with Crippen molar-refractivity contribution in [2.75, 3.05) is 0 Å². The molecular weight excluding hydrogens is 528 g/mol. The van der Waals surface area contributed by atoms with Crippen molar-refractivity contribution in [3.63, 3.8) is 0 Å². The van der Waals surface area contributed by atoms with Gasteiger partial charge in [-0.2, -0.15) is 0 Å². The molecule has 3 heterocycles. The van der Waals surface area contributed by atoms with Crippen LogP contribution in [0.15, 0.2) is 95.8 Å². The van der Waals surface area contributed by atoms with Crippen LogP contribution in [0.25, 0.3) is 55.4 Å². The van der Waals surface area contributed by atoms with E-state index in [1.165, 1.54) is 43.2 Å². The molecule has 0 N–H and O–H groups in total. The molecule has 2 atom stereocenters. The van der Waals surface area contributed by atoms with E-state index < -0.39 is 0 Å². The van der Waals surface area contributed by atoms with Crippen LogP contribution in [-0.4, -0.2) is 18.8 Å². The Labute approximate surface area is 249 Å². The fraction of sp³-hybridized carbons (Fsp3) is 0.289. The summed E-state index contributed by atoms with van der Waals surface area (Å²) >= 11 is 0. The lowest BCUT2D eigenvalue weighted by molar-refractivity contribution is 0.0780. The molecule has 0 aliphatic heterocycles. The second-order valence-corrected chi connectivity index (χ2v) is 13.6. The lowest BCUT2D eigenvalue weighted by Crippen LogP contribution is -2.42. The van der Waals surface area contributed by atoms with Gasteiger partial charge in [0, 0.05) is 5.39 Å². The summed E-state index contributed by atoms with van der Waals surface area (Å²) in [5.74, 6) is 3.04. The van der Waals surface area contributed by atoms with Gasteiger partial charge in [-0.3, -0.25) is 9.20 Å². The molecule has 2 unspecified atom stereocenters. The molecule has 2 aliphatic rings. The fourth-order valence-corrected chi connectivity index (χ4v) is 9.06. The Morgan fingerprint density at radius 3 is 2.16 bits per heavy atom. The van der Waals surface area contributed by atoms with Gasteiger partial charge in [-0.25, -0.2) is 14.4 Å². The van der Waals surface area contributed by atoms with Gasteiger partial charge in [0.15, 0.2) is 5.65 Å². The molecule has 2 bridgehead atoms. The number of hydrogen-bond donors (Lipinski definition) is 0. The van der Waals surface area contributed by atoms with Gasteiger partial charge >= 0.3 is 0 Å². The third kappa shape index (κ3) is 3.67. The van der Waals surface area contributed by atoms with Crippen LogP contribution in [0.3, 0.4) is 0 Å². The van der Waals surface area contributed by atoms with Crippen molar-refractivity contribution in [1.29, 1.82) is 0 Å². The van der Waals surface area contributed by atoms with E-state index in [1.54, 1.807) is 4.40 Å². The van der Waals surface area contributed by atoms with E-state index >= 15 is 0 Å². The van der Waals surface area contributed by atoms with E-state index in [4.69, 9.17) is 9.97 Å². The zero-order chi connectivity index (χ0) is 28.9. The van der Waals surface area contributed by atoms with Crippen molar-refractivity contribution < 1.29 is 0 Å². The van der Waals surface area contributed by atoms with Crippen molar-refractivity contribution in [2.45, 2.75) is 51.4 Å².